The number of H-pyrrole nitrogens is 1. The molecule has 1 aliphatic heterocycles. The van der Waals surface area contributed by atoms with Crippen molar-refractivity contribution in [3.63, 3.8) is 0 Å². The number of aromatic nitrogens is 1. The van der Waals surface area contributed by atoms with Gasteiger partial charge in [-0.25, -0.2) is 0 Å². The molecular weight excluding hydrogens is 414 g/mol. The van der Waals surface area contributed by atoms with Crippen molar-refractivity contribution in [1.29, 1.82) is 0 Å². The smallest absolute Gasteiger partial charge is 0.222 e. The van der Waals surface area contributed by atoms with Crippen molar-refractivity contribution >= 4 is 22.7 Å². The van der Waals surface area contributed by atoms with Gasteiger partial charge in [0.15, 0.2) is 0 Å². The van der Waals surface area contributed by atoms with E-state index in [0.717, 1.165) is 52.9 Å². The van der Waals surface area contributed by atoms with Crippen LogP contribution >= 0.6 is 0 Å². The van der Waals surface area contributed by atoms with Crippen LogP contribution in [0.15, 0.2) is 48.5 Å². The van der Waals surface area contributed by atoms with Gasteiger partial charge in [-0.1, -0.05) is 32.0 Å². The Balaban J connectivity index is 1.49. The van der Waals surface area contributed by atoms with E-state index in [0.29, 0.717) is 19.4 Å². The van der Waals surface area contributed by atoms with Crippen molar-refractivity contribution < 1.29 is 14.3 Å². The van der Waals surface area contributed by atoms with Crippen LogP contribution in [0, 0.1) is 5.92 Å². The SMILES string of the molecule is COc1ccc(-c2[nH]c3ccccc3c2CCC(=O)N2CCCC(NC(=O)C(C)C)C2)cc1. The van der Waals surface area contributed by atoms with Crippen molar-refractivity contribution in [3.8, 4) is 17.0 Å². The van der Waals surface area contributed by atoms with Crippen molar-refractivity contribution in [2.24, 2.45) is 5.92 Å². The number of ether oxygens (including phenoxy) is 1. The van der Waals surface area contributed by atoms with Crippen LogP contribution in [-0.2, 0) is 16.0 Å². The number of fused-ring (bicyclic) bond motifs is 1. The van der Waals surface area contributed by atoms with Crippen LogP contribution in [0.5, 0.6) is 5.75 Å². The van der Waals surface area contributed by atoms with Gasteiger partial charge in [0.1, 0.15) is 5.75 Å². The Labute approximate surface area is 195 Å². The van der Waals surface area contributed by atoms with E-state index in [-0.39, 0.29) is 23.8 Å². The molecule has 6 nitrogen and oxygen atoms in total. The third-order valence-corrected chi connectivity index (χ3v) is 6.43. The maximum atomic E-state index is 13.1. The number of hydrogen-bond acceptors (Lipinski definition) is 3. The monoisotopic (exact) mass is 447 g/mol. The van der Waals surface area contributed by atoms with E-state index in [4.69, 9.17) is 4.74 Å². The molecule has 0 bridgehead atoms. The Morgan fingerprint density at radius 2 is 1.91 bits per heavy atom. The second-order valence-corrected chi connectivity index (χ2v) is 9.09. The number of likely N-dealkylation sites (tertiary alicyclic amines) is 1. The van der Waals surface area contributed by atoms with E-state index in [9.17, 15) is 9.59 Å². The average molecular weight is 448 g/mol. The Bertz CT molecular complexity index is 1120. The summed E-state index contributed by atoms with van der Waals surface area (Å²) in [6.45, 7) is 5.13. The molecule has 0 spiro atoms. The summed E-state index contributed by atoms with van der Waals surface area (Å²) >= 11 is 0. The number of nitrogens with zero attached hydrogens (tertiary/aromatic N) is 1. The number of carbonyl (C=O) groups is 2. The minimum Gasteiger partial charge on any atom is -0.497 e. The molecule has 1 fully saturated rings. The topological polar surface area (TPSA) is 74.4 Å². The van der Waals surface area contributed by atoms with Gasteiger partial charge in [0, 0.05) is 48.1 Å². The second kappa shape index (κ2) is 10.1. The first-order valence-electron chi connectivity index (χ1n) is 11.8. The summed E-state index contributed by atoms with van der Waals surface area (Å²) in [5.74, 6) is 0.965. The molecule has 2 heterocycles. The summed E-state index contributed by atoms with van der Waals surface area (Å²) in [4.78, 5) is 30.7. The van der Waals surface area contributed by atoms with E-state index in [2.05, 4.69) is 22.4 Å². The number of hydrogen-bond donors (Lipinski definition) is 2. The predicted molar refractivity (Wildman–Crippen MR) is 131 cm³/mol. The van der Waals surface area contributed by atoms with Gasteiger partial charge in [0.25, 0.3) is 0 Å². The number of aromatic amines is 1. The number of nitrogens with one attached hydrogen (secondary N) is 2. The molecule has 2 amide bonds. The summed E-state index contributed by atoms with van der Waals surface area (Å²) in [5.41, 5.74) is 4.35. The third-order valence-electron chi connectivity index (χ3n) is 6.43. The molecule has 2 N–H and O–H groups in total. The largest absolute Gasteiger partial charge is 0.497 e. The van der Waals surface area contributed by atoms with Gasteiger partial charge in [-0.15, -0.1) is 0 Å². The van der Waals surface area contributed by atoms with Crippen molar-refractivity contribution in [1.82, 2.24) is 15.2 Å². The zero-order valence-corrected chi connectivity index (χ0v) is 19.7. The highest BCUT2D eigenvalue weighted by Gasteiger charge is 2.25. The maximum absolute atomic E-state index is 13.1. The van der Waals surface area contributed by atoms with E-state index in [1.54, 1.807) is 7.11 Å². The molecule has 3 aromatic rings. The molecule has 0 saturated carbocycles. The van der Waals surface area contributed by atoms with E-state index < -0.39 is 0 Å². The van der Waals surface area contributed by atoms with Crippen LogP contribution < -0.4 is 10.1 Å². The standard InChI is InChI=1S/C27H33N3O3/c1-18(2)27(32)28-20-7-6-16-30(17-20)25(31)15-14-23-22-8-4-5-9-24(22)29-26(23)19-10-12-21(33-3)13-11-19/h4-5,8-13,18,20,29H,6-7,14-17H2,1-3H3,(H,28,32). The first-order valence-corrected chi connectivity index (χ1v) is 11.8. The van der Waals surface area contributed by atoms with Crippen molar-refractivity contribution in [2.45, 2.75) is 45.6 Å². The van der Waals surface area contributed by atoms with Crippen LogP contribution in [0.2, 0.25) is 0 Å². The van der Waals surface area contributed by atoms with Crippen LogP contribution in [0.3, 0.4) is 0 Å². The predicted octanol–water partition coefficient (Wildman–Crippen LogP) is 4.54. The molecule has 1 aliphatic rings. The lowest BCUT2D eigenvalue weighted by Crippen LogP contribution is -2.50. The van der Waals surface area contributed by atoms with Gasteiger partial charge < -0.3 is 19.9 Å². The van der Waals surface area contributed by atoms with Gasteiger partial charge in [0.2, 0.25) is 11.8 Å². The van der Waals surface area contributed by atoms with E-state index in [1.165, 1.54) is 0 Å². The molecule has 1 saturated heterocycles. The van der Waals surface area contributed by atoms with Gasteiger partial charge in [0.05, 0.1) is 7.11 Å². The van der Waals surface area contributed by atoms with E-state index >= 15 is 0 Å². The number of carbonyl (C=O) groups excluding carboxylic acids is 2. The summed E-state index contributed by atoms with van der Waals surface area (Å²) in [6.07, 6.45) is 2.94. The maximum Gasteiger partial charge on any atom is 0.222 e. The molecule has 1 aromatic heterocycles. The minimum atomic E-state index is -0.0469. The third kappa shape index (κ3) is 5.21. The summed E-state index contributed by atoms with van der Waals surface area (Å²) in [5, 5.41) is 4.24. The van der Waals surface area contributed by atoms with Crippen molar-refractivity contribution in [2.75, 3.05) is 20.2 Å². The normalized spacial score (nSPS) is 16.2. The summed E-state index contributed by atoms with van der Waals surface area (Å²) in [7, 11) is 1.66. The molecule has 0 radical (unpaired) electrons. The number of piperidine rings is 1. The lowest BCUT2D eigenvalue weighted by atomic mass is 9.99. The molecule has 33 heavy (non-hydrogen) atoms. The number of benzene rings is 2. The Morgan fingerprint density at radius 1 is 1.15 bits per heavy atom. The fourth-order valence-corrected chi connectivity index (χ4v) is 4.54. The molecule has 2 aromatic carbocycles. The molecule has 174 valence electrons. The number of aryl methyl sites for hydroxylation is 1. The fraction of sp³-hybridized carbons (Fsp3) is 0.407. The number of para-hydroxylation sites is 1. The average Bonchev–Trinajstić information content (AvgIpc) is 3.21. The van der Waals surface area contributed by atoms with Crippen LogP contribution in [0.4, 0.5) is 0 Å². The number of amides is 2. The first-order chi connectivity index (χ1) is 16.0. The van der Waals surface area contributed by atoms with E-state index in [1.807, 2.05) is 55.1 Å². The molecular formula is C27H33N3O3. The van der Waals surface area contributed by atoms with Gasteiger partial charge in [-0.05, 0) is 60.7 Å². The number of methoxy groups -OCH3 is 1. The second-order valence-electron chi connectivity index (χ2n) is 9.09. The lowest BCUT2D eigenvalue weighted by molar-refractivity contribution is -0.134. The summed E-state index contributed by atoms with van der Waals surface area (Å²) in [6, 6.07) is 16.3. The first kappa shape index (κ1) is 22.9. The summed E-state index contributed by atoms with van der Waals surface area (Å²) < 4.78 is 5.30. The molecule has 6 heteroatoms. The highest BCUT2D eigenvalue weighted by atomic mass is 16.5. The fourth-order valence-electron chi connectivity index (χ4n) is 4.54. The zero-order valence-electron chi connectivity index (χ0n) is 19.7. The lowest BCUT2D eigenvalue weighted by Gasteiger charge is -2.33. The molecule has 1 atom stereocenters. The van der Waals surface area contributed by atoms with Crippen LogP contribution in [-0.4, -0.2) is 47.9 Å². The molecule has 1 unspecified atom stereocenters. The highest BCUT2D eigenvalue weighted by Crippen LogP contribution is 2.32. The zero-order chi connectivity index (χ0) is 23.4. The van der Waals surface area contributed by atoms with Crippen molar-refractivity contribution in [3.05, 3.63) is 54.1 Å². The molecule has 0 aliphatic carbocycles. The van der Waals surface area contributed by atoms with Gasteiger partial charge >= 0.3 is 0 Å². The van der Waals surface area contributed by atoms with Gasteiger partial charge in [-0.3, -0.25) is 9.59 Å². The van der Waals surface area contributed by atoms with Gasteiger partial charge in [-0.2, -0.15) is 0 Å². The Morgan fingerprint density at radius 3 is 2.64 bits per heavy atom. The highest BCUT2D eigenvalue weighted by molar-refractivity contribution is 5.91. The number of rotatable bonds is 7. The Hall–Kier alpha value is -3.28. The molecule has 4 rings (SSSR count). The van der Waals surface area contributed by atoms with Crippen LogP contribution in [0.1, 0.15) is 38.7 Å². The Kier molecular flexibility index (Phi) is 7.02. The minimum absolute atomic E-state index is 0.0422. The quantitative estimate of drug-likeness (QED) is 0.558. The van der Waals surface area contributed by atoms with Crippen LogP contribution in [0.25, 0.3) is 22.2 Å².